The van der Waals surface area contributed by atoms with Gasteiger partial charge in [-0.3, -0.25) is 20.3 Å². The van der Waals surface area contributed by atoms with Crippen molar-refractivity contribution in [2.24, 2.45) is 0 Å². The summed E-state index contributed by atoms with van der Waals surface area (Å²) in [6, 6.07) is 4.36. The van der Waals surface area contributed by atoms with Crippen molar-refractivity contribution in [3.8, 4) is 0 Å². The molecule has 1 aromatic carbocycles. The monoisotopic (exact) mass is 329 g/mol. The van der Waals surface area contributed by atoms with Gasteiger partial charge in [-0.05, 0) is 22.0 Å². The van der Waals surface area contributed by atoms with Crippen LogP contribution in [0.15, 0.2) is 22.7 Å². The van der Waals surface area contributed by atoms with Crippen LogP contribution in [0.25, 0.3) is 0 Å². The number of hydrazine groups is 1. The van der Waals surface area contributed by atoms with Crippen LogP contribution in [0.1, 0.15) is 10.4 Å². The molecule has 1 saturated heterocycles. The fourth-order valence-corrected chi connectivity index (χ4v) is 2.30. The molecule has 1 N–H and O–H groups in total. The summed E-state index contributed by atoms with van der Waals surface area (Å²) < 4.78 is 5.36. The minimum absolute atomic E-state index is 0.130. The molecule has 1 amide bonds. The molecule has 19 heavy (non-hydrogen) atoms. The third-order valence-electron chi connectivity index (χ3n) is 2.69. The number of hydrogen-bond donors (Lipinski definition) is 1. The van der Waals surface area contributed by atoms with Crippen molar-refractivity contribution >= 4 is 27.5 Å². The van der Waals surface area contributed by atoms with Crippen LogP contribution in [-0.4, -0.2) is 42.1 Å². The van der Waals surface area contributed by atoms with E-state index in [-0.39, 0.29) is 21.6 Å². The van der Waals surface area contributed by atoms with Gasteiger partial charge in [0.2, 0.25) is 0 Å². The van der Waals surface area contributed by atoms with Gasteiger partial charge in [0.25, 0.3) is 11.6 Å². The molecule has 2 rings (SSSR count). The van der Waals surface area contributed by atoms with Crippen molar-refractivity contribution in [3.63, 3.8) is 0 Å². The van der Waals surface area contributed by atoms with E-state index < -0.39 is 4.92 Å². The summed E-state index contributed by atoms with van der Waals surface area (Å²) in [4.78, 5) is 22.3. The fraction of sp³-hybridized carbons (Fsp3) is 0.364. The lowest BCUT2D eigenvalue weighted by atomic mass is 10.2. The second kappa shape index (κ2) is 6.09. The van der Waals surface area contributed by atoms with E-state index in [1.54, 1.807) is 5.01 Å². The first-order valence-corrected chi connectivity index (χ1v) is 6.45. The standard InChI is InChI=1S/C11H12BrN3O4/c12-10-8(2-1-3-9(10)15(17)18)11(16)13-14-4-6-19-7-5-14/h1-3H,4-7H2,(H,13,16). The van der Waals surface area contributed by atoms with Crippen molar-refractivity contribution in [3.05, 3.63) is 38.3 Å². The van der Waals surface area contributed by atoms with Crippen LogP contribution < -0.4 is 5.43 Å². The topological polar surface area (TPSA) is 84.7 Å². The molecule has 1 heterocycles. The molecular formula is C11H12BrN3O4. The number of hydrogen-bond acceptors (Lipinski definition) is 5. The molecule has 0 aliphatic carbocycles. The lowest BCUT2D eigenvalue weighted by molar-refractivity contribution is -0.385. The van der Waals surface area contributed by atoms with Crippen LogP contribution in [-0.2, 0) is 4.74 Å². The van der Waals surface area contributed by atoms with E-state index in [0.717, 1.165) is 0 Å². The van der Waals surface area contributed by atoms with Crippen LogP contribution in [0.4, 0.5) is 5.69 Å². The third-order valence-corrected chi connectivity index (χ3v) is 3.52. The van der Waals surface area contributed by atoms with E-state index in [0.29, 0.717) is 26.3 Å². The van der Waals surface area contributed by atoms with Crippen molar-refractivity contribution in [1.29, 1.82) is 0 Å². The zero-order valence-corrected chi connectivity index (χ0v) is 11.6. The molecular weight excluding hydrogens is 318 g/mol. The van der Waals surface area contributed by atoms with E-state index in [2.05, 4.69) is 21.4 Å². The Kier molecular flexibility index (Phi) is 4.46. The van der Waals surface area contributed by atoms with Gasteiger partial charge in [0.1, 0.15) is 4.47 Å². The molecule has 102 valence electrons. The molecule has 1 fully saturated rings. The summed E-state index contributed by atoms with van der Waals surface area (Å²) in [5.41, 5.74) is 2.81. The van der Waals surface area contributed by atoms with Gasteiger partial charge in [0.05, 0.1) is 23.7 Å². The summed E-state index contributed by atoms with van der Waals surface area (Å²) in [5, 5.41) is 12.5. The maximum Gasteiger partial charge on any atom is 0.284 e. The molecule has 8 heteroatoms. The Morgan fingerprint density at radius 3 is 2.74 bits per heavy atom. The number of rotatable bonds is 3. The molecule has 0 saturated carbocycles. The lowest BCUT2D eigenvalue weighted by Gasteiger charge is -2.27. The average Bonchev–Trinajstić information content (AvgIpc) is 2.39. The highest BCUT2D eigenvalue weighted by Gasteiger charge is 2.21. The normalized spacial score (nSPS) is 16.1. The van der Waals surface area contributed by atoms with Gasteiger partial charge >= 0.3 is 0 Å². The SMILES string of the molecule is O=C(NN1CCOCC1)c1cccc([N+](=O)[O-])c1Br. The Morgan fingerprint density at radius 1 is 1.42 bits per heavy atom. The molecule has 1 aliphatic heterocycles. The number of nitrogens with one attached hydrogen (secondary N) is 1. The van der Waals surface area contributed by atoms with Crippen LogP contribution in [0.3, 0.4) is 0 Å². The number of nitrogens with zero attached hydrogens (tertiary/aromatic N) is 2. The van der Waals surface area contributed by atoms with E-state index in [1.165, 1.54) is 18.2 Å². The first kappa shape index (κ1) is 13.9. The van der Waals surface area contributed by atoms with Crippen molar-refractivity contribution in [2.45, 2.75) is 0 Å². The summed E-state index contributed by atoms with van der Waals surface area (Å²) in [6.07, 6.45) is 0. The minimum atomic E-state index is -0.532. The highest BCUT2D eigenvalue weighted by Crippen LogP contribution is 2.28. The van der Waals surface area contributed by atoms with Crippen LogP contribution in [0, 0.1) is 10.1 Å². The Morgan fingerprint density at radius 2 is 2.11 bits per heavy atom. The maximum absolute atomic E-state index is 12.1. The van der Waals surface area contributed by atoms with Crippen molar-refractivity contribution in [2.75, 3.05) is 26.3 Å². The third kappa shape index (κ3) is 3.28. The van der Waals surface area contributed by atoms with E-state index >= 15 is 0 Å². The summed E-state index contributed by atoms with van der Waals surface area (Å²) in [7, 11) is 0. The summed E-state index contributed by atoms with van der Waals surface area (Å²) in [5.74, 6) is -0.377. The minimum Gasteiger partial charge on any atom is -0.379 e. The van der Waals surface area contributed by atoms with Gasteiger partial charge in [-0.15, -0.1) is 0 Å². The number of nitro benzene ring substituents is 1. The Balaban J connectivity index is 2.14. The number of halogens is 1. The van der Waals surface area contributed by atoms with Gasteiger partial charge in [0.15, 0.2) is 0 Å². The molecule has 1 aliphatic rings. The molecule has 0 radical (unpaired) electrons. The van der Waals surface area contributed by atoms with Crippen molar-refractivity contribution < 1.29 is 14.5 Å². The van der Waals surface area contributed by atoms with E-state index in [4.69, 9.17) is 4.74 Å². The quantitative estimate of drug-likeness (QED) is 0.668. The van der Waals surface area contributed by atoms with E-state index in [9.17, 15) is 14.9 Å². The molecule has 7 nitrogen and oxygen atoms in total. The lowest BCUT2D eigenvalue weighted by Crippen LogP contribution is -2.48. The summed E-state index contributed by atoms with van der Waals surface area (Å²) in [6.45, 7) is 2.29. The number of carbonyl (C=O) groups is 1. The predicted molar refractivity (Wildman–Crippen MR) is 70.7 cm³/mol. The van der Waals surface area contributed by atoms with Gasteiger partial charge in [-0.2, -0.15) is 0 Å². The van der Waals surface area contributed by atoms with Gasteiger partial charge in [0, 0.05) is 19.2 Å². The number of ether oxygens (including phenoxy) is 1. The van der Waals surface area contributed by atoms with Crippen LogP contribution in [0.2, 0.25) is 0 Å². The van der Waals surface area contributed by atoms with Gasteiger partial charge in [-0.25, -0.2) is 5.01 Å². The Bertz CT molecular complexity index is 503. The second-order valence-electron chi connectivity index (χ2n) is 3.94. The Labute approximate surface area is 117 Å². The summed E-state index contributed by atoms with van der Waals surface area (Å²) >= 11 is 3.10. The Hall–Kier alpha value is -1.51. The van der Waals surface area contributed by atoms with Crippen molar-refractivity contribution in [1.82, 2.24) is 10.4 Å². The number of morpholine rings is 1. The van der Waals surface area contributed by atoms with Gasteiger partial charge in [-0.1, -0.05) is 6.07 Å². The maximum atomic E-state index is 12.1. The number of nitro groups is 1. The molecule has 0 aromatic heterocycles. The first-order chi connectivity index (χ1) is 9.09. The number of benzene rings is 1. The zero-order chi connectivity index (χ0) is 13.8. The van der Waals surface area contributed by atoms with Crippen LogP contribution in [0.5, 0.6) is 0 Å². The second-order valence-corrected chi connectivity index (χ2v) is 4.73. The molecule has 0 spiro atoms. The molecule has 0 unspecified atom stereocenters. The average molecular weight is 330 g/mol. The first-order valence-electron chi connectivity index (χ1n) is 5.66. The number of amides is 1. The largest absolute Gasteiger partial charge is 0.379 e. The highest BCUT2D eigenvalue weighted by atomic mass is 79.9. The number of carbonyl (C=O) groups excluding carboxylic acids is 1. The zero-order valence-electron chi connectivity index (χ0n) is 9.97. The van der Waals surface area contributed by atoms with Crippen LogP contribution >= 0.6 is 15.9 Å². The molecule has 0 bridgehead atoms. The molecule has 0 atom stereocenters. The highest BCUT2D eigenvalue weighted by molar-refractivity contribution is 9.10. The molecule has 1 aromatic rings. The fourth-order valence-electron chi connectivity index (χ4n) is 1.72. The smallest absolute Gasteiger partial charge is 0.284 e. The van der Waals surface area contributed by atoms with E-state index in [1.807, 2.05) is 0 Å². The van der Waals surface area contributed by atoms with Gasteiger partial charge < -0.3 is 4.74 Å². The predicted octanol–water partition coefficient (Wildman–Crippen LogP) is 1.33.